The molecule has 0 aliphatic rings. The van der Waals surface area contributed by atoms with E-state index in [1.807, 2.05) is 25.1 Å². The molecule has 90 valence electrons. The first-order chi connectivity index (χ1) is 8.11. The maximum atomic E-state index is 10.2. The number of aliphatic hydroxyl groups is 1. The summed E-state index contributed by atoms with van der Waals surface area (Å²) in [6, 6.07) is 9.25. The SMILES string of the molecule is COc1ccc(C(O)c2ccc(C)s2)cc1Cl. The largest absolute Gasteiger partial charge is 0.495 e. The molecule has 1 atom stereocenters. The highest BCUT2D eigenvalue weighted by molar-refractivity contribution is 7.12. The number of rotatable bonds is 3. The Morgan fingerprint density at radius 1 is 1.29 bits per heavy atom. The molecular weight excluding hydrogens is 256 g/mol. The fraction of sp³-hybridized carbons (Fsp3) is 0.231. The van der Waals surface area contributed by atoms with Crippen LogP contribution in [0.4, 0.5) is 0 Å². The van der Waals surface area contributed by atoms with Gasteiger partial charge in [0, 0.05) is 9.75 Å². The Kier molecular flexibility index (Phi) is 3.72. The molecule has 0 radical (unpaired) electrons. The van der Waals surface area contributed by atoms with Crippen LogP contribution in [0.5, 0.6) is 5.75 Å². The summed E-state index contributed by atoms with van der Waals surface area (Å²) in [5.41, 5.74) is 0.776. The molecule has 2 rings (SSSR count). The number of hydrogen-bond acceptors (Lipinski definition) is 3. The van der Waals surface area contributed by atoms with Gasteiger partial charge in [-0.2, -0.15) is 0 Å². The fourth-order valence-electron chi connectivity index (χ4n) is 1.62. The number of methoxy groups -OCH3 is 1. The highest BCUT2D eigenvalue weighted by Crippen LogP contribution is 2.32. The molecule has 0 saturated heterocycles. The zero-order valence-electron chi connectivity index (χ0n) is 9.61. The predicted octanol–water partition coefficient (Wildman–Crippen LogP) is 3.80. The summed E-state index contributed by atoms with van der Waals surface area (Å²) in [7, 11) is 1.57. The molecule has 2 aromatic rings. The van der Waals surface area contributed by atoms with Crippen molar-refractivity contribution >= 4 is 22.9 Å². The summed E-state index contributed by atoms with van der Waals surface area (Å²) in [6.07, 6.45) is -0.628. The van der Waals surface area contributed by atoms with Crippen molar-refractivity contribution in [1.29, 1.82) is 0 Å². The average Bonchev–Trinajstić information content (AvgIpc) is 2.75. The molecule has 1 aromatic heterocycles. The van der Waals surface area contributed by atoms with Gasteiger partial charge < -0.3 is 9.84 Å². The molecule has 0 amide bonds. The van der Waals surface area contributed by atoms with Gasteiger partial charge in [-0.25, -0.2) is 0 Å². The quantitative estimate of drug-likeness (QED) is 0.917. The number of thiophene rings is 1. The van der Waals surface area contributed by atoms with Crippen LogP contribution < -0.4 is 4.74 Å². The lowest BCUT2D eigenvalue weighted by Gasteiger charge is -2.11. The Morgan fingerprint density at radius 2 is 2.06 bits per heavy atom. The summed E-state index contributed by atoms with van der Waals surface area (Å²) in [4.78, 5) is 2.10. The monoisotopic (exact) mass is 268 g/mol. The zero-order chi connectivity index (χ0) is 12.4. The number of halogens is 1. The Morgan fingerprint density at radius 3 is 2.59 bits per heavy atom. The maximum absolute atomic E-state index is 10.2. The fourth-order valence-corrected chi connectivity index (χ4v) is 2.78. The highest BCUT2D eigenvalue weighted by atomic mass is 35.5. The normalized spacial score (nSPS) is 12.5. The first kappa shape index (κ1) is 12.4. The molecule has 1 heterocycles. The van der Waals surface area contributed by atoms with Gasteiger partial charge >= 0.3 is 0 Å². The van der Waals surface area contributed by atoms with Gasteiger partial charge in [0.15, 0.2) is 0 Å². The minimum Gasteiger partial charge on any atom is -0.495 e. The van der Waals surface area contributed by atoms with Gasteiger partial charge in [-0.1, -0.05) is 17.7 Å². The van der Waals surface area contributed by atoms with Gasteiger partial charge in [0.1, 0.15) is 11.9 Å². The minimum absolute atomic E-state index is 0.511. The molecule has 1 N–H and O–H groups in total. The van der Waals surface area contributed by atoms with Crippen LogP contribution in [-0.2, 0) is 0 Å². The summed E-state index contributed by atoms with van der Waals surface area (Å²) >= 11 is 7.62. The van der Waals surface area contributed by atoms with Crippen molar-refractivity contribution in [2.24, 2.45) is 0 Å². The van der Waals surface area contributed by atoms with Gasteiger partial charge in [-0.05, 0) is 36.8 Å². The highest BCUT2D eigenvalue weighted by Gasteiger charge is 2.14. The van der Waals surface area contributed by atoms with Gasteiger partial charge in [0.05, 0.1) is 12.1 Å². The third-order valence-corrected chi connectivity index (χ3v) is 3.87. The van der Waals surface area contributed by atoms with E-state index >= 15 is 0 Å². The standard InChI is InChI=1S/C13H13ClO2S/c1-8-3-6-12(17-8)13(15)9-4-5-11(16-2)10(14)7-9/h3-7,13,15H,1-2H3. The maximum Gasteiger partial charge on any atom is 0.137 e. The van der Waals surface area contributed by atoms with E-state index in [0.717, 1.165) is 10.4 Å². The van der Waals surface area contributed by atoms with E-state index in [4.69, 9.17) is 16.3 Å². The van der Waals surface area contributed by atoms with Gasteiger partial charge in [0.25, 0.3) is 0 Å². The summed E-state index contributed by atoms with van der Waals surface area (Å²) in [5, 5.41) is 10.7. The lowest BCUT2D eigenvalue weighted by Crippen LogP contribution is -1.97. The van der Waals surface area contributed by atoms with E-state index in [-0.39, 0.29) is 0 Å². The summed E-state index contributed by atoms with van der Waals surface area (Å²) in [5.74, 6) is 0.616. The Labute approximate surface area is 109 Å². The van der Waals surface area contributed by atoms with Gasteiger partial charge in [-0.3, -0.25) is 0 Å². The second-order valence-electron chi connectivity index (χ2n) is 3.74. The van der Waals surface area contributed by atoms with Crippen molar-refractivity contribution in [3.8, 4) is 5.75 Å². The second-order valence-corrected chi connectivity index (χ2v) is 5.47. The Bertz CT molecular complexity index is 522. The van der Waals surface area contributed by atoms with E-state index < -0.39 is 6.10 Å². The van der Waals surface area contributed by atoms with E-state index in [0.29, 0.717) is 10.8 Å². The summed E-state index contributed by atoms with van der Waals surface area (Å²) < 4.78 is 5.08. The van der Waals surface area contributed by atoms with Crippen molar-refractivity contribution in [1.82, 2.24) is 0 Å². The third kappa shape index (κ3) is 2.63. The summed E-state index contributed by atoms with van der Waals surface area (Å²) in [6.45, 7) is 2.02. The number of hydrogen-bond donors (Lipinski definition) is 1. The molecule has 0 aliphatic heterocycles. The molecule has 4 heteroatoms. The van der Waals surface area contributed by atoms with Crippen molar-refractivity contribution in [2.45, 2.75) is 13.0 Å². The van der Waals surface area contributed by atoms with E-state index in [1.54, 1.807) is 30.6 Å². The van der Waals surface area contributed by atoms with Crippen LogP contribution in [0, 0.1) is 6.92 Å². The van der Waals surface area contributed by atoms with Crippen LogP contribution in [-0.4, -0.2) is 12.2 Å². The lowest BCUT2D eigenvalue weighted by molar-refractivity contribution is 0.224. The number of aliphatic hydroxyl groups excluding tert-OH is 1. The van der Waals surface area contributed by atoms with Crippen LogP contribution in [0.1, 0.15) is 21.4 Å². The van der Waals surface area contributed by atoms with Crippen LogP contribution in [0.3, 0.4) is 0 Å². The second kappa shape index (κ2) is 5.08. The molecular formula is C13H13ClO2S. The molecule has 2 nitrogen and oxygen atoms in total. The molecule has 0 spiro atoms. The first-order valence-electron chi connectivity index (χ1n) is 5.19. The first-order valence-corrected chi connectivity index (χ1v) is 6.39. The minimum atomic E-state index is -0.628. The van der Waals surface area contributed by atoms with Crippen LogP contribution in [0.25, 0.3) is 0 Å². The molecule has 0 saturated carbocycles. The number of ether oxygens (including phenoxy) is 1. The predicted molar refractivity (Wildman–Crippen MR) is 71.1 cm³/mol. The van der Waals surface area contributed by atoms with Crippen LogP contribution >= 0.6 is 22.9 Å². The van der Waals surface area contributed by atoms with Crippen molar-refractivity contribution in [3.05, 3.63) is 50.7 Å². The van der Waals surface area contributed by atoms with Gasteiger partial charge in [0.2, 0.25) is 0 Å². The molecule has 1 aromatic carbocycles. The van der Waals surface area contributed by atoms with Gasteiger partial charge in [-0.15, -0.1) is 11.3 Å². The van der Waals surface area contributed by atoms with Crippen molar-refractivity contribution < 1.29 is 9.84 Å². The molecule has 1 unspecified atom stereocenters. The van der Waals surface area contributed by atoms with Crippen molar-refractivity contribution in [2.75, 3.05) is 7.11 Å². The lowest BCUT2D eigenvalue weighted by atomic mass is 10.1. The molecule has 0 fully saturated rings. The van der Waals surface area contributed by atoms with Crippen LogP contribution in [0.2, 0.25) is 5.02 Å². The topological polar surface area (TPSA) is 29.5 Å². The van der Waals surface area contributed by atoms with E-state index in [2.05, 4.69) is 0 Å². The van der Waals surface area contributed by atoms with E-state index in [1.165, 1.54) is 4.88 Å². The number of benzene rings is 1. The zero-order valence-corrected chi connectivity index (χ0v) is 11.2. The molecule has 0 bridgehead atoms. The third-order valence-electron chi connectivity index (χ3n) is 2.52. The smallest absolute Gasteiger partial charge is 0.137 e. The Balaban J connectivity index is 2.31. The van der Waals surface area contributed by atoms with Crippen LogP contribution in [0.15, 0.2) is 30.3 Å². The van der Waals surface area contributed by atoms with E-state index in [9.17, 15) is 5.11 Å². The Hall–Kier alpha value is -1.03. The number of aryl methyl sites for hydroxylation is 1. The molecule has 0 aliphatic carbocycles. The average molecular weight is 269 g/mol. The van der Waals surface area contributed by atoms with Crippen molar-refractivity contribution in [3.63, 3.8) is 0 Å². The molecule has 17 heavy (non-hydrogen) atoms.